The molecule has 0 aliphatic rings. The molecule has 5 nitrogen and oxygen atoms in total. The fourth-order valence-electron chi connectivity index (χ4n) is 1.66. The summed E-state index contributed by atoms with van der Waals surface area (Å²) in [6.07, 6.45) is 0.971. The summed E-state index contributed by atoms with van der Waals surface area (Å²) in [5.41, 5.74) is 0.681. The Morgan fingerprint density at radius 1 is 1.23 bits per heavy atom. The van der Waals surface area contributed by atoms with E-state index in [4.69, 9.17) is 23.2 Å². The molecule has 1 aromatic carbocycles. The Morgan fingerprint density at radius 2 is 2.00 bits per heavy atom. The normalized spacial score (nSPS) is 11.8. The quantitative estimate of drug-likeness (QED) is 0.855. The Kier molecular flexibility index (Phi) is 5.57. The lowest BCUT2D eigenvalue weighted by Gasteiger charge is -2.11. The average Bonchev–Trinajstić information content (AvgIpc) is 2.50. The molecule has 2 aromatic rings. The molecule has 22 heavy (non-hydrogen) atoms. The summed E-state index contributed by atoms with van der Waals surface area (Å²) in [4.78, 5) is 12.1. The van der Waals surface area contributed by atoms with E-state index in [1.165, 1.54) is 0 Å². The Bertz CT molecular complexity index is 661. The second-order valence-corrected chi connectivity index (χ2v) is 5.68. The van der Waals surface area contributed by atoms with Gasteiger partial charge in [-0.2, -0.15) is 0 Å². The molecular weight excluding hydrogens is 323 g/mol. The number of halogens is 2. The summed E-state index contributed by atoms with van der Waals surface area (Å²) >= 11 is 11.8. The van der Waals surface area contributed by atoms with Crippen molar-refractivity contribution in [2.45, 2.75) is 26.3 Å². The molecular formula is C15H16Cl2N4O. The highest BCUT2D eigenvalue weighted by Gasteiger charge is 2.11. The van der Waals surface area contributed by atoms with Gasteiger partial charge in [0.25, 0.3) is 5.91 Å². The van der Waals surface area contributed by atoms with Gasteiger partial charge in [-0.15, -0.1) is 10.2 Å². The van der Waals surface area contributed by atoms with E-state index in [0.717, 1.165) is 6.42 Å². The highest BCUT2D eigenvalue weighted by molar-refractivity contribution is 6.36. The van der Waals surface area contributed by atoms with Gasteiger partial charge in [0.05, 0.1) is 10.7 Å². The number of nitrogens with zero attached hydrogens (tertiary/aromatic N) is 2. The monoisotopic (exact) mass is 338 g/mol. The van der Waals surface area contributed by atoms with Crippen molar-refractivity contribution in [3.05, 3.63) is 46.1 Å². The molecule has 2 rings (SSSR count). The molecule has 1 aromatic heterocycles. The first kappa shape index (κ1) is 16.5. The molecule has 0 saturated heterocycles. The van der Waals surface area contributed by atoms with Gasteiger partial charge >= 0.3 is 0 Å². The first-order valence-corrected chi connectivity index (χ1v) is 7.62. The molecule has 0 aliphatic carbocycles. The predicted molar refractivity (Wildman–Crippen MR) is 89.8 cm³/mol. The van der Waals surface area contributed by atoms with Crippen LogP contribution in [0.2, 0.25) is 10.0 Å². The number of anilines is 2. The number of aromatic nitrogens is 2. The van der Waals surface area contributed by atoms with E-state index < -0.39 is 0 Å². The minimum atomic E-state index is -0.383. The maximum atomic E-state index is 12.1. The molecule has 7 heteroatoms. The molecule has 116 valence electrons. The number of hydrogen-bond donors (Lipinski definition) is 2. The summed E-state index contributed by atoms with van der Waals surface area (Å²) in [6, 6.07) is 8.46. The van der Waals surface area contributed by atoms with E-state index in [1.54, 1.807) is 30.3 Å². The van der Waals surface area contributed by atoms with Crippen LogP contribution < -0.4 is 10.6 Å². The zero-order valence-electron chi connectivity index (χ0n) is 12.2. The Balaban J connectivity index is 2.06. The van der Waals surface area contributed by atoms with Crippen molar-refractivity contribution >= 4 is 40.6 Å². The molecule has 0 radical (unpaired) electrons. The molecule has 0 aliphatic heterocycles. The van der Waals surface area contributed by atoms with Crippen LogP contribution in [0.4, 0.5) is 11.5 Å². The van der Waals surface area contributed by atoms with Crippen molar-refractivity contribution in [1.29, 1.82) is 0 Å². The molecule has 2 N–H and O–H groups in total. The maximum Gasteiger partial charge on any atom is 0.276 e. The van der Waals surface area contributed by atoms with E-state index in [9.17, 15) is 4.79 Å². The van der Waals surface area contributed by atoms with Gasteiger partial charge in [0.2, 0.25) is 0 Å². The number of carbonyl (C=O) groups excluding carboxylic acids is 1. The standard InChI is InChI=1S/C15H16Cl2N4O/c1-3-9(2)18-14-7-6-13(20-21-14)15(22)19-12-5-4-10(16)8-11(12)17/h4-9H,3H2,1-2H3,(H,18,21)(H,19,22). The van der Waals surface area contributed by atoms with E-state index >= 15 is 0 Å². The summed E-state index contributed by atoms with van der Waals surface area (Å²) < 4.78 is 0. The largest absolute Gasteiger partial charge is 0.366 e. The molecule has 1 unspecified atom stereocenters. The highest BCUT2D eigenvalue weighted by atomic mass is 35.5. The molecule has 0 spiro atoms. The van der Waals surface area contributed by atoms with Crippen LogP contribution in [0.1, 0.15) is 30.8 Å². The number of rotatable bonds is 5. The molecule has 0 fully saturated rings. The fourth-order valence-corrected chi connectivity index (χ4v) is 2.12. The number of amides is 1. The van der Waals surface area contributed by atoms with Crippen molar-refractivity contribution in [2.24, 2.45) is 0 Å². The molecule has 1 heterocycles. The second-order valence-electron chi connectivity index (χ2n) is 4.84. The van der Waals surface area contributed by atoms with Crippen molar-refractivity contribution < 1.29 is 4.79 Å². The van der Waals surface area contributed by atoms with Crippen LogP contribution in [0.3, 0.4) is 0 Å². The van der Waals surface area contributed by atoms with Crippen molar-refractivity contribution in [1.82, 2.24) is 10.2 Å². The number of carbonyl (C=O) groups is 1. The van der Waals surface area contributed by atoms with Crippen molar-refractivity contribution in [3.63, 3.8) is 0 Å². The molecule has 1 amide bonds. The van der Waals surface area contributed by atoms with Crippen LogP contribution in [0.5, 0.6) is 0 Å². The van der Waals surface area contributed by atoms with Gasteiger partial charge in [-0.25, -0.2) is 0 Å². The average molecular weight is 339 g/mol. The lowest BCUT2D eigenvalue weighted by Crippen LogP contribution is -2.17. The van der Waals surface area contributed by atoms with Crippen LogP contribution in [0, 0.1) is 0 Å². The van der Waals surface area contributed by atoms with Crippen LogP contribution in [-0.4, -0.2) is 22.1 Å². The summed E-state index contributed by atoms with van der Waals surface area (Å²) in [5, 5.41) is 14.6. The third-order valence-corrected chi connectivity index (χ3v) is 3.63. The third kappa shape index (κ3) is 4.32. The van der Waals surface area contributed by atoms with Gasteiger partial charge in [0, 0.05) is 11.1 Å². The Hall–Kier alpha value is -1.85. The summed E-state index contributed by atoms with van der Waals surface area (Å²) in [7, 11) is 0. The SMILES string of the molecule is CCC(C)Nc1ccc(C(=O)Nc2ccc(Cl)cc2Cl)nn1. The number of benzene rings is 1. The second kappa shape index (κ2) is 7.42. The van der Waals surface area contributed by atoms with Gasteiger partial charge < -0.3 is 10.6 Å². The summed E-state index contributed by atoms with van der Waals surface area (Å²) in [5.74, 6) is 0.252. The zero-order valence-corrected chi connectivity index (χ0v) is 13.7. The van der Waals surface area contributed by atoms with E-state index in [-0.39, 0.29) is 11.6 Å². The number of hydrogen-bond acceptors (Lipinski definition) is 4. The predicted octanol–water partition coefficient (Wildman–Crippen LogP) is 4.25. The topological polar surface area (TPSA) is 66.9 Å². The van der Waals surface area contributed by atoms with Gasteiger partial charge in [-0.05, 0) is 43.7 Å². The minimum absolute atomic E-state index is 0.209. The summed E-state index contributed by atoms with van der Waals surface area (Å²) in [6.45, 7) is 4.12. The molecule has 0 saturated carbocycles. The van der Waals surface area contributed by atoms with Gasteiger partial charge in [0.1, 0.15) is 5.82 Å². The van der Waals surface area contributed by atoms with E-state index in [0.29, 0.717) is 27.6 Å². The lowest BCUT2D eigenvalue weighted by molar-refractivity contribution is 0.102. The van der Waals surface area contributed by atoms with Crippen molar-refractivity contribution in [3.8, 4) is 0 Å². The van der Waals surface area contributed by atoms with Crippen LogP contribution in [0.15, 0.2) is 30.3 Å². The third-order valence-electron chi connectivity index (χ3n) is 3.08. The van der Waals surface area contributed by atoms with E-state index in [2.05, 4.69) is 27.8 Å². The van der Waals surface area contributed by atoms with Gasteiger partial charge in [-0.1, -0.05) is 30.1 Å². The minimum Gasteiger partial charge on any atom is -0.366 e. The van der Waals surface area contributed by atoms with E-state index in [1.807, 2.05) is 6.92 Å². The first-order valence-electron chi connectivity index (χ1n) is 6.86. The van der Waals surface area contributed by atoms with Crippen LogP contribution in [-0.2, 0) is 0 Å². The Labute approximate surface area is 139 Å². The smallest absolute Gasteiger partial charge is 0.276 e. The first-order chi connectivity index (χ1) is 10.5. The fraction of sp³-hybridized carbons (Fsp3) is 0.267. The maximum absolute atomic E-state index is 12.1. The zero-order chi connectivity index (χ0) is 16.1. The van der Waals surface area contributed by atoms with Crippen molar-refractivity contribution in [2.75, 3.05) is 10.6 Å². The Morgan fingerprint density at radius 3 is 2.59 bits per heavy atom. The van der Waals surface area contributed by atoms with Crippen LogP contribution >= 0.6 is 23.2 Å². The lowest BCUT2D eigenvalue weighted by atomic mass is 10.2. The van der Waals surface area contributed by atoms with Gasteiger partial charge in [-0.3, -0.25) is 4.79 Å². The molecule has 0 bridgehead atoms. The number of nitrogens with one attached hydrogen (secondary N) is 2. The van der Waals surface area contributed by atoms with Crippen LogP contribution in [0.25, 0.3) is 0 Å². The highest BCUT2D eigenvalue weighted by Crippen LogP contribution is 2.25. The molecule has 1 atom stereocenters. The van der Waals surface area contributed by atoms with Gasteiger partial charge in [0.15, 0.2) is 5.69 Å².